The maximum Gasteiger partial charge on any atom is 0.0568 e. The van der Waals surface area contributed by atoms with Crippen molar-refractivity contribution in [3.63, 3.8) is 0 Å². The molecule has 1 aliphatic rings. The van der Waals surface area contributed by atoms with E-state index in [-0.39, 0.29) is 0 Å². The molecule has 0 aliphatic heterocycles. The number of nitrogens with zero attached hydrogens (tertiary/aromatic N) is 2. The Labute approximate surface area is 170 Å². The van der Waals surface area contributed by atoms with Gasteiger partial charge in [-0.15, -0.1) is 0 Å². The minimum Gasteiger partial charge on any atom is -0.159 e. The summed E-state index contributed by atoms with van der Waals surface area (Å²) in [5, 5.41) is 8.42. The average molecular weight is 375 g/mol. The molecule has 0 bridgehead atoms. The van der Waals surface area contributed by atoms with Gasteiger partial charge in [-0.3, -0.25) is 0 Å². The van der Waals surface area contributed by atoms with Gasteiger partial charge in [-0.2, -0.15) is 10.2 Å². The first-order chi connectivity index (χ1) is 13.8. The summed E-state index contributed by atoms with van der Waals surface area (Å²) in [7, 11) is 0. The molecule has 28 heavy (non-hydrogen) atoms. The van der Waals surface area contributed by atoms with Crippen LogP contribution < -0.4 is 0 Å². The Morgan fingerprint density at radius 2 is 1.36 bits per heavy atom. The lowest BCUT2D eigenvalue weighted by Crippen LogP contribution is -2.12. The highest BCUT2D eigenvalue weighted by Gasteiger charge is 2.20. The first kappa shape index (κ1) is 20.5. The maximum absolute atomic E-state index is 4.22. The third kappa shape index (κ3) is 6.15. The van der Waals surface area contributed by atoms with E-state index in [0.717, 1.165) is 29.4 Å². The SMILES string of the molecule is CCCCc1ccc(C=NN=Cc2ccc(C3CCC(CC)CC3)cc2)cc1. The molecule has 0 N–H and O–H groups in total. The van der Waals surface area contributed by atoms with Crippen molar-refractivity contribution in [3.05, 3.63) is 70.8 Å². The second-order valence-electron chi connectivity index (χ2n) is 8.13. The number of hydrogen-bond acceptors (Lipinski definition) is 2. The second-order valence-corrected chi connectivity index (χ2v) is 8.13. The summed E-state index contributed by atoms with van der Waals surface area (Å²) in [5.74, 6) is 1.69. The van der Waals surface area contributed by atoms with Gasteiger partial charge < -0.3 is 0 Å². The first-order valence-corrected chi connectivity index (χ1v) is 11.0. The fourth-order valence-corrected chi connectivity index (χ4v) is 4.11. The summed E-state index contributed by atoms with van der Waals surface area (Å²) in [5.41, 5.74) is 5.08. The van der Waals surface area contributed by atoms with Crippen LogP contribution in [0.25, 0.3) is 0 Å². The zero-order valence-electron chi connectivity index (χ0n) is 17.5. The summed E-state index contributed by atoms with van der Waals surface area (Å²) >= 11 is 0. The van der Waals surface area contributed by atoms with E-state index in [2.05, 4.69) is 72.6 Å². The number of aryl methyl sites for hydroxylation is 1. The second kappa shape index (κ2) is 10.9. The van der Waals surface area contributed by atoms with E-state index in [1.54, 1.807) is 0 Å². The van der Waals surface area contributed by atoms with Crippen LogP contribution in [0.5, 0.6) is 0 Å². The molecule has 2 aromatic rings. The fourth-order valence-electron chi connectivity index (χ4n) is 4.11. The van der Waals surface area contributed by atoms with Crippen LogP contribution in [0.15, 0.2) is 58.7 Å². The van der Waals surface area contributed by atoms with Gasteiger partial charge in [0, 0.05) is 0 Å². The quantitative estimate of drug-likeness (QED) is 0.346. The number of benzene rings is 2. The third-order valence-electron chi connectivity index (χ3n) is 6.11. The van der Waals surface area contributed by atoms with E-state index in [9.17, 15) is 0 Å². The fraction of sp³-hybridized carbons (Fsp3) is 0.462. The molecule has 0 heterocycles. The van der Waals surface area contributed by atoms with Crippen LogP contribution in [0.1, 0.15) is 87.0 Å². The molecule has 1 fully saturated rings. The minimum atomic E-state index is 0.743. The molecule has 2 aromatic carbocycles. The highest BCUT2D eigenvalue weighted by molar-refractivity contribution is 5.82. The highest BCUT2D eigenvalue weighted by Crippen LogP contribution is 2.36. The zero-order chi connectivity index (χ0) is 19.6. The number of unbranched alkanes of at least 4 members (excludes halogenated alkanes) is 1. The Morgan fingerprint density at radius 3 is 1.89 bits per heavy atom. The monoisotopic (exact) mass is 374 g/mol. The van der Waals surface area contributed by atoms with Crippen molar-refractivity contribution in [1.82, 2.24) is 0 Å². The van der Waals surface area contributed by atoms with Crippen molar-refractivity contribution >= 4 is 12.4 Å². The van der Waals surface area contributed by atoms with Crippen LogP contribution in [-0.2, 0) is 6.42 Å². The lowest BCUT2D eigenvalue weighted by Gasteiger charge is -2.28. The van der Waals surface area contributed by atoms with Gasteiger partial charge in [0.2, 0.25) is 0 Å². The van der Waals surface area contributed by atoms with E-state index in [0.29, 0.717) is 0 Å². The molecule has 1 aliphatic carbocycles. The summed E-state index contributed by atoms with van der Waals surface area (Å²) in [4.78, 5) is 0. The maximum atomic E-state index is 4.22. The van der Waals surface area contributed by atoms with Gasteiger partial charge in [0.05, 0.1) is 12.4 Å². The molecule has 0 spiro atoms. The van der Waals surface area contributed by atoms with Gasteiger partial charge in [0.15, 0.2) is 0 Å². The van der Waals surface area contributed by atoms with Gasteiger partial charge in [-0.1, -0.05) is 75.2 Å². The third-order valence-corrected chi connectivity index (χ3v) is 6.11. The molecule has 0 amide bonds. The van der Waals surface area contributed by atoms with Crippen LogP contribution in [-0.4, -0.2) is 12.4 Å². The van der Waals surface area contributed by atoms with E-state index in [1.165, 1.54) is 56.1 Å². The largest absolute Gasteiger partial charge is 0.159 e. The molecule has 0 unspecified atom stereocenters. The predicted octanol–water partition coefficient (Wildman–Crippen LogP) is 7.17. The van der Waals surface area contributed by atoms with Crippen LogP contribution >= 0.6 is 0 Å². The normalized spacial score (nSPS) is 20.2. The first-order valence-electron chi connectivity index (χ1n) is 11.0. The molecule has 0 radical (unpaired) electrons. The Kier molecular flexibility index (Phi) is 8.02. The molecule has 0 aromatic heterocycles. The van der Waals surface area contributed by atoms with Crippen LogP contribution in [0.3, 0.4) is 0 Å². The highest BCUT2D eigenvalue weighted by atomic mass is 15.2. The molecule has 2 nitrogen and oxygen atoms in total. The van der Waals surface area contributed by atoms with E-state index in [4.69, 9.17) is 0 Å². The average Bonchev–Trinajstić information content (AvgIpc) is 2.76. The molecular formula is C26H34N2. The smallest absolute Gasteiger partial charge is 0.0568 e. The van der Waals surface area contributed by atoms with Crippen LogP contribution in [0.2, 0.25) is 0 Å². The van der Waals surface area contributed by atoms with E-state index < -0.39 is 0 Å². The summed E-state index contributed by atoms with van der Waals surface area (Å²) < 4.78 is 0. The van der Waals surface area contributed by atoms with Crippen LogP contribution in [0, 0.1) is 5.92 Å². The van der Waals surface area contributed by atoms with Crippen LogP contribution in [0.4, 0.5) is 0 Å². The van der Waals surface area contributed by atoms with Crippen molar-refractivity contribution < 1.29 is 0 Å². The molecule has 3 rings (SSSR count). The molecule has 0 atom stereocenters. The molecule has 0 saturated heterocycles. The zero-order valence-corrected chi connectivity index (χ0v) is 17.5. The lowest BCUT2D eigenvalue weighted by molar-refractivity contribution is 0.319. The molecular weight excluding hydrogens is 340 g/mol. The lowest BCUT2D eigenvalue weighted by atomic mass is 9.78. The van der Waals surface area contributed by atoms with E-state index >= 15 is 0 Å². The Morgan fingerprint density at radius 1 is 0.786 bits per heavy atom. The summed E-state index contributed by atoms with van der Waals surface area (Å²) in [6.45, 7) is 4.55. The van der Waals surface area contributed by atoms with Gasteiger partial charge in [-0.05, 0) is 72.6 Å². The number of hydrogen-bond donors (Lipinski definition) is 0. The van der Waals surface area contributed by atoms with Gasteiger partial charge in [0.25, 0.3) is 0 Å². The Bertz CT molecular complexity index is 748. The topological polar surface area (TPSA) is 24.7 Å². The van der Waals surface area contributed by atoms with Gasteiger partial charge in [0.1, 0.15) is 0 Å². The van der Waals surface area contributed by atoms with E-state index in [1.807, 2.05) is 12.4 Å². The standard InChI is InChI=1S/C26H34N2/c1-3-5-6-22-7-9-23(10-8-22)19-27-28-20-24-13-17-26(18-14-24)25-15-11-21(4-2)12-16-25/h7-10,13-14,17-21,25H,3-6,11-12,15-16H2,1-2H3. The summed E-state index contributed by atoms with van der Waals surface area (Å²) in [6.07, 6.45) is 14.1. The van der Waals surface area contributed by atoms with Gasteiger partial charge in [-0.25, -0.2) is 0 Å². The molecule has 2 heteroatoms. The summed E-state index contributed by atoms with van der Waals surface area (Å²) in [6, 6.07) is 17.5. The van der Waals surface area contributed by atoms with Crippen molar-refractivity contribution in [2.45, 2.75) is 71.1 Å². The molecule has 1 saturated carbocycles. The van der Waals surface area contributed by atoms with Crippen molar-refractivity contribution in [2.75, 3.05) is 0 Å². The van der Waals surface area contributed by atoms with Crippen molar-refractivity contribution in [1.29, 1.82) is 0 Å². The van der Waals surface area contributed by atoms with Gasteiger partial charge >= 0.3 is 0 Å². The van der Waals surface area contributed by atoms with Crippen molar-refractivity contribution in [3.8, 4) is 0 Å². The minimum absolute atomic E-state index is 0.743. The van der Waals surface area contributed by atoms with Crippen molar-refractivity contribution in [2.24, 2.45) is 16.1 Å². The predicted molar refractivity (Wildman–Crippen MR) is 122 cm³/mol. The number of rotatable bonds is 8. The Hall–Kier alpha value is -2.22. The molecule has 148 valence electrons. The Balaban J connectivity index is 1.49.